The molecule has 0 radical (unpaired) electrons. The van der Waals surface area contributed by atoms with Gasteiger partial charge in [0.1, 0.15) is 11.6 Å². The zero-order valence-electron chi connectivity index (χ0n) is 15.2. The van der Waals surface area contributed by atoms with Crippen molar-refractivity contribution in [1.82, 2.24) is 9.88 Å². The molecule has 0 atom stereocenters. The van der Waals surface area contributed by atoms with Crippen LogP contribution in [0.3, 0.4) is 0 Å². The van der Waals surface area contributed by atoms with Crippen LogP contribution in [0.15, 0.2) is 47.3 Å². The average molecular weight is 385 g/mol. The smallest absolute Gasteiger partial charge is 0.140 e. The number of nitrogens with zero attached hydrogens (tertiary/aromatic N) is 3. The van der Waals surface area contributed by atoms with Gasteiger partial charge in [-0.3, -0.25) is 0 Å². The fraction of sp³-hybridized carbons (Fsp3) is 0.286. The molecule has 140 valence electrons. The number of piperazine rings is 1. The zero-order valence-corrected chi connectivity index (χ0v) is 16.0. The predicted molar refractivity (Wildman–Crippen MR) is 107 cm³/mol. The van der Waals surface area contributed by atoms with Gasteiger partial charge in [-0.05, 0) is 36.4 Å². The Morgan fingerprint density at radius 2 is 1.70 bits per heavy atom. The number of hydrogen-bond acceptors (Lipinski definition) is 4. The second-order valence-electron chi connectivity index (χ2n) is 6.66. The van der Waals surface area contributed by atoms with Crippen molar-refractivity contribution in [3.05, 3.63) is 58.9 Å². The number of hydrogen-bond donors (Lipinski definition) is 0. The summed E-state index contributed by atoms with van der Waals surface area (Å²) in [5.74, 6) is -0.902. The van der Waals surface area contributed by atoms with E-state index in [1.54, 1.807) is 10.9 Å². The molecule has 1 aromatic heterocycles. The summed E-state index contributed by atoms with van der Waals surface area (Å²) >= 11 is 1.36. The van der Waals surface area contributed by atoms with Crippen LogP contribution < -0.4 is 4.90 Å². The van der Waals surface area contributed by atoms with E-state index < -0.39 is 11.6 Å². The maximum absolute atomic E-state index is 15.0. The summed E-state index contributed by atoms with van der Waals surface area (Å²) in [5.41, 5.74) is 4.33. The predicted octanol–water partition coefficient (Wildman–Crippen LogP) is 4.90. The first-order chi connectivity index (χ1) is 13.2. The summed E-state index contributed by atoms with van der Waals surface area (Å²) in [6.45, 7) is 7.32. The van der Waals surface area contributed by atoms with E-state index in [0.717, 1.165) is 38.4 Å². The van der Waals surface area contributed by atoms with Gasteiger partial charge in [-0.25, -0.2) is 13.8 Å². The summed E-state index contributed by atoms with van der Waals surface area (Å²) in [6.07, 6.45) is 0. The van der Waals surface area contributed by atoms with Crippen molar-refractivity contribution >= 4 is 17.0 Å². The van der Waals surface area contributed by atoms with Crippen LogP contribution in [0.2, 0.25) is 0 Å². The van der Waals surface area contributed by atoms with Gasteiger partial charge in [-0.2, -0.15) is 0 Å². The molecule has 0 bridgehead atoms. The highest BCUT2D eigenvalue weighted by Gasteiger charge is 2.18. The first kappa shape index (κ1) is 18.1. The molecule has 0 spiro atoms. The zero-order chi connectivity index (χ0) is 18.8. The summed E-state index contributed by atoms with van der Waals surface area (Å²) < 4.78 is 29.1. The minimum absolute atomic E-state index is 0.200. The Hall–Kier alpha value is -2.31. The van der Waals surface area contributed by atoms with Gasteiger partial charge in [0, 0.05) is 48.4 Å². The molecule has 0 N–H and O–H groups in total. The number of halogens is 2. The SMILES string of the molecule is CCN1CCN(c2ccc(-c3cc(F)cc(-c4cscn4)c3F)cc2)CC1. The normalized spacial score (nSPS) is 15.3. The molecule has 3 nitrogen and oxygen atoms in total. The molecule has 0 saturated carbocycles. The molecule has 6 heteroatoms. The van der Waals surface area contributed by atoms with Gasteiger partial charge in [0.15, 0.2) is 0 Å². The number of likely N-dealkylation sites (N-methyl/N-ethyl adjacent to an activating group) is 1. The van der Waals surface area contributed by atoms with Crippen LogP contribution in [-0.2, 0) is 0 Å². The molecule has 3 aromatic rings. The highest BCUT2D eigenvalue weighted by Crippen LogP contribution is 2.33. The monoisotopic (exact) mass is 385 g/mol. The molecule has 27 heavy (non-hydrogen) atoms. The fourth-order valence-corrected chi connectivity index (χ4v) is 4.06. The van der Waals surface area contributed by atoms with Crippen LogP contribution in [0, 0.1) is 11.6 Å². The van der Waals surface area contributed by atoms with Crippen LogP contribution in [-0.4, -0.2) is 42.6 Å². The lowest BCUT2D eigenvalue weighted by Crippen LogP contribution is -2.46. The molecular weight excluding hydrogens is 364 g/mol. The topological polar surface area (TPSA) is 19.4 Å². The van der Waals surface area contributed by atoms with E-state index >= 15 is 4.39 Å². The van der Waals surface area contributed by atoms with Crippen LogP contribution in [0.25, 0.3) is 22.4 Å². The van der Waals surface area contributed by atoms with Crippen LogP contribution >= 0.6 is 11.3 Å². The van der Waals surface area contributed by atoms with Crippen molar-refractivity contribution in [2.75, 3.05) is 37.6 Å². The number of rotatable bonds is 4. The van der Waals surface area contributed by atoms with Crippen LogP contribution in [0.5, 0.6) is 0 Å². The Morgan fingerprint density at radius 1 is 1.00 bits per heavy atom. The molecule has 0 unspecified atom stereocenters. The molecule has 1 aliphatic heterocycles. The van der Waals surface area contributed by atoms with E-state index in [0.29, 0.717) is 11.3 Å². The van der Waals surface area contributed by atoms with E-state index in [9.17, 15) is 4.39 Å². The Kier molecular flexibility index (Phi) is 5.18. The lowest BCUT2D eigenvalue weighted by molar-refractivity contribution is 0.271. The Morgan fingerprint density at radius 3 is 2.33 bits per heavy atom. The molecule has 2 heterocycles. The van der Waals surface area contributed by atoms with E-state index in [1.165, 1.54) is 23.5 Å². The Labute approximate surface area is 161 Å². The van der Waals surface area contributed by atoms with Crippen molar-refractivity contribution in [1.29, 1.82) is 0 Å². The van der Waals surface area contributed by atoms with Gasteiger partial charge >= 0.3 is 0 Å². The lowest BCUT2D eigenvalue weighted by Gasteiger charge is -2.35. The molecule has 1 fully saturated rings. The minimum Gasteiger partial charge on any atom is -0.369 e. The summed E-state index contributed by atoms with van der Waals surface area (Å²) in [6, 6.07) is 10.2. The summed E-state index contributed by atoms with van der Waals surface area (Å²) in [4.78, 5) is 8.87. The van der Waals surface area contributed by atoms with Crippen molar-refractivity contribution in [2.45, 2.75) is 6.92 Å². The standard InChI is InChI=1S/C21H21F2N3S/c1-2-25-7-9-26(10-8-25)17-5-3-15(4-6-17)18-11-16(22)12-19(21(18)23)20-13-27-14-24-20/h3-6,11-14H,2,7-10H2,1H3. The largest absolute Gasteiger partial charge is 0.369 e. The first-order valence-electron chi connectivity index (χ1n) is 9.11. The Balaban J connectivity index is 1.61. The number of aromatic nitrogens is 1. The molecule has 0 aliphatic carbocycles. The summed E-state index contributed by atoms with van der Waals surface area (Å²) in [7, 11) is 0. The highest BCUT2D eigenvalue weighted by molar-refractivity contribution is 7.07. The van der Waals surface area contributed by atoms with E-state index in [2.05, 4.69) is 21.7 Å². The maximum atomic E-state index is 15.0. The summed E-state index contributed by atoms with van der Waals surface area (Å²) in [5, 5.41) is 1.72. The second-order valence-corrected chi connectivity index (χ2v) is 7.38. The van der Waals surface area contributed by atoms with Gasteiger partial charge < -0.3 is 9.80 Å². The van der Waals surface area contributed by atoms with Crippen molar-refractivity contribution < 1.29 is 8.78 Å². The molecule has 2 aromatic carbocycles. The molecule has 1 saturated heterocycles. The number of benzene rings is 2. The van der Waals surface area contributed by atoms with Crippen molar-refractivity contribution in [2.24, 2.45) is 0 Å². The van der Waals surface area contributed by atoms with Gasteiger partial charge in [0.05, 0.1) is 11.2 Å². The van der Waals surface area contributed by atoms with E-state index in [4.69, 9.17) is 0 Å². The van der Waals surface area contributed by atoms with E-state index in [-0.39, 0.29) is 11.1 Å². The molecule has 1 aliphatic rings. The molecular formula is C21H21F2N3S. The van der Waals surface area contributed by atoms with E-state index in [1.807, 2.05) is 24.3 Å². The third kappa shape index (κ3) is 3.73. The highest BCUT2D eigenvalue weighted by atomic mass is 32.1. The van der Waals surface area contributed by atoms with Gasteiger partial charge in [-0.15, -0.1) is 11.3 Å². The number of anilines is 1. The fourth-order valence-electron chi connectivity index (χ4n) is 3.51. The quantitative estimate of drug-likeness (QED) is 0.637. The third-order valence-corrected chi connectivity index (χ3v) is 5.70. The van der Waals surface area contributed by atoms with Crippen molar-refractivity contribution in [3.8, 4) is 22.4 Å². The third-order valence-electron chi connectivity index (χ3n) is 5.11. The lowest BCUT2D eigenvalue weighted by atomic mass is 10.00. The van der Waals surface area contributed by atoms with Crippen molar-refractivity contribution in [3.63, 3.8) is 0 Å². The van der Waals surface area contributed by atoms with Crippen LogP contribution in [0.4, 0.5) is 14.5 Å². The number of thiazole rings is 1. The average Bonchev–Trinajstić information content (AvgIpc) is 3.24. The van der Waals surface area contributed by atoms with Gasteiger partial charge in [-0.1, -0.05) is 19.1 Å². The van der Waals surface area contributed by atoms with Gasteiger partial charge in [0.25, 0.3) is 0 Å². The van der Waals surface area contributed by atoms with Gasteiger partial charge in [0.2, 0.25) is 0 Å². The molecule has 4 rings (SSSR count). The maximum Gasteiger partial charge on any atom is 0.140 e. The second kappa shape index (κ2) is 7.74. The minimum atomic E-state index is -0.464. The van der Waals surface area contributed by atoms with Crippen LogP contribution in [0.1, 0.15) is 6.92 Å². The molecule has 0 amide bonds. The first-order valence-corrected chi connectivity index (χ1v) is 10.1. The Bertz CT molecular complexity index is 902.